The van der Waals surface area contributed by atoms with Gasteiger partial charge in [0.25, 0.3) is 0 Å². The first-order valence-corrected chi connectivity index (χ1v) is 9.50. The van der Waals surface area contributed by atoms with Gasteiger partial charge in [-0.1, -0.05) is 30.3 Å². The Hall–Kier alpha value is -3.98. The van der Waals surface area contributed by atoms with Gasteiger partial charge in [-0.2, -0.15) is 5.26 Å². The molecule has 0 amide bonds. The number of nitriles is 1. The summed E-state index contributed by atoms with van der Waals surface area (Å²) in [5.41, 5.74) is 0.577. The van der Waals surface area contributed by atoms with Crippen molar-refractivity contribution in [1.82, 2.24) is 0 Å². The molecule has 3 rings (SSSR count). The SMILES string of the molecule is CCOc1cc(C(=O)Oc2ccccc2C#N)ccc1OCCOc1ccccc1. The van der Waals surface area contributed by atoms with Crippen LogP contribution in [0.5, 0.6) is 23.0 Å². The number of carbonyl (C=O) groups is 1. The van der Waals surface area contributed by atoms with Crippen molar-refractivity contribution in [1.29, 1.82) is 5.26 Å². The number of hydrogen-bond donors (Lipinski definition) is 0. The second-order valence-corrected chi connectivity index (χ2v) is 6.10. The lowest BCUT2D eigenvalue weighted by Gasteiger charge is -2.14. The monoisotopic (exact) mass is 403 g/mol. The molecule has 0 aliphatic carbocycles. The minimum Gasteiger partial charge on any atom is -0.490 e. The van der Waals surface area contributed by atoms with Crippen LogP contribution in [0.15, 0.2) is 72.8 Å². The average Bonchev–Trinajstić information content (AvgIpc) is 2.78. The number of carbonyl (C=O) groups excluding carboxylic acids is 1. The summed E-state index contributed by atoms with van der Waals surface area (Å²) in [6.45, 7) is 2.93. The number of esters is 1. The van der Waals surface area contributed by atoms with Gasteiger partial charge in [0.15, 0.2) is 11.5 Å². The topological polar surface area (TPSA) is 77.8 Å². The molecule has 0 aliphatic heterocycles. The van der Waals surface area contributed by atoms with Crippen LogP contribution in [-0.4, -0.2) is 25.8 Å². The zero-order valence-electron chi connectivity index (χ0n) is 16.5. The normalized spacial score (nSPS) is 10.0. The molecule has 3 aromatic rings. The standard InChI is InChI=1S/C24H21NO5/c1-2-27-23-16-18(24(26)30-21-11-7-6-8-19(21)17-25)12-13-22(23)29-15-14-28-20-9-4-3-5-10-20/h3-13,16H,2,14-15H2,1H3. The Bertz CT molecular complexity index is 1030. The van der Waals surface area contributed by atoms with Gasteiger partial charge < -0.3 is 18.9 Å². The second kappa shape index (κ2) is 10.5. The molecular weight excluding hydrogens is 382 g/mol. The Kier molecular flexibility index (Phi) is 7.28. The highest BCUT2D eigenvalue weighted by Crippen LogP contribution is 2.29. The van der Waals surface area contributed by atoms with E-state index in [9.17, 15) is 4.79 Å². The summed E-state index contributed by atoms with van der Waals surface area (Å²) in [5, 5.41) is 9.14. The summed E-state index contributed by atoms with van der Waals surface area (Å²) >= 11 is 0. The van der Waals surface area contributed by atoms with Crippen LogP contribution in [0.1, 0.15) is 22.8 Å². The summed E-state index contributed by atoms with van der Waals surface area (Å²) in [6.07, 6.45) is 0. The molecule has 0 fully saturated rings. The van der Waals surface area contributed by atoms with E-state index in [1.807, 2.05) is 43.3 Å². The highest BCUT2D eigenvalue weighted by molar-refractivity contribution is 5.92. The molecule has 0 aliphatic rings. The Labute approximate surface area is 175 Å². The van der Waals surface area contributed by atoms with Crippen molar-refractivity contribution in [3.63, 3.8) is 0 Å². The zero-order valence-corrected chi connectivity index (χ0v) is 16.5. The molecule has 0 spiro atoms. The molecule has 0 bridgehead atoms. The van der Waals surface area contributed by atoms with E-state index in [-0.39, 0.29) is 11.3 Å². The minimum absolute atomic E-state index is 0.210. The smallest absolute Gasteiger partial charge is 0.343 e. The van der Waals surface area contributed by atoms with Crippen molar-refractivity contribution in [3.8, 4) is 29.1 Å². The van der Waals surface area contributed by atoms with Gasteiger partial charge in [0.2, 0.25) is 0 Å². The van der Waals surface area contributed by atoms with Gasteiger partial charge in [0.1, 0.15) is 30.8 Å². The molecule has 30 heavy (non-hydrogen) atoms. The third kappa shape index (κ3) is 5.52. The lowest BCUT2D eigenvalue weighted by molar-refractivity contribution is 0.0733. The van der Waals surface area contributed by atoms with Crippen LogP contribution in [0.2, 0.25) is 0 Å². The number of ether oxygens (including phenoxy) is 4. The van der Waals surface area contributed by atoms with Crippen LogP contribution in [-0.2, 0) is 0 Å². The molecule has 0 atom stereocenters. The summed E-state index contributed by atoms with van der Waals surface area (Å²) < 4.78 is 22.3. The maximum Gasteiger partial charge on any atom is 0.343 e. The van der Waals surface area contributed by atoms with Gasteiger partial charge >= 0.3 is 5.97 Å². The fourth-order valence-corrected chi connectivity index (χ4v) is 2.66. The van der Waals surface area contributed by atoms with Gasteiger partial charge in [-0.15, -0.1) is 0 Å². The second-order valence-electron chi connectivity index (χ2n) is 6.10. The van der Waals surface area contributed by atoms with E-state index in [2.05, 4.69) is 0 Å². The summed E-state index contributed by atoms with van der Waals surface area (Å²) in [6, 6.07) is 22.8. The van der Waals surface area contributed by atoms with Crippen LogP contribution >= 0.6 is 0 Å². The number of benzene rings is 3. The summed E-state index contributed by atoms with van der Waals surface area (Å²) in [7, 11) is 0. The van der Waals surface area contributed by atoms with E-state index < -0.39 is 5.97 Å². The molecule has 0 radical (unpaired) electrons. The summed E-state index contributed by atoms with van der Waals surface area (Å²) in [5.74, 6) is 1.32. The predicted molar refractivity (Wildman–Crippen MR) is 111 cm³/mol. The molecule has 0 unspecified atom stereocenters. The van der Waals surface area contributed by atoms with Crippen LogP contribution in [0.25, 0.3) is 0 Å². The highest BCUT2D eigenvalue weighted by Gasteiger charge is 2.15. The Morgan fingerprint density at radius 1 is 0.833 bits per heavy atom. The molecule has 0 saturated carbocycles. The fraction of sp³-hybridized carbons (Fsp3) is 0.167. The van der Waals surface area contributed by atoms with Gasteiger partial charge in [-0.3, -0.25) is 0 Å². The van der Waals surface area contributed by atoms with Crippen molar-refractivity contribution in [2.45, 2.75) is 6.92 Å². The first-order chi connectivity index (χ1) is 14.7. The maximum absolute atomic E-state index is 12.5. The first kappa shape index (κ1) is 20.7. The van der Waals surface area contributed by atoms with E-state index >= 15 is 0 Å². The van der Waals surface area contributed by atoms with E-state index in [0.29, 0.717) is 36.9 Å². The average molecular weight is 403 g/mol. The molecule has 0 N–H and O–H groups in total. The quantitative estimate of drug-likeness (QED) is 0.294. The highest BCUT2D eigenvalue weighted by atomic mass is 16.5. The fourth-order valence-electron chi connectivity index (χ4n) is 2.66. The lowest BCUT2D eigenvalue weighted by Crippen LogP contribution is -2.12. The molecular formula is C24H21NO5. The van der Waals surface area contributed by atoms with Crippen molar-refractivity contribution < 1.29 is 23.7 Å². The van der Waals surface area contributed by atoms with Crippen molar-refractivity contribution >= 4 is 5.97 Å². The predicted octanol–water partition coefficient (Wildman–Crippen LogP) is 4.63. The van der Waals surface area contributed by atoms with Crippen molar-refractivity contribution in [2.75, 3.05) is 19.8 Å². The third-order valence-electron chi connectivity index (χ3n) is 4.04. The van der Waals surface area contributed by atoms with E-state index in [1.54, 1.807) is 42.5 Å². The van der Waals surface area contributed by atoms with Crippen LogP contribution in [0.4, 0.5) is 0 Å². The first-order valence-electron chi connectivity index (χ1n) is 9.50. The van der Waals surface area contributed by atoms with Crippen LogP contribution in [0.3, 0.4) is 0 Å². The third-order valence-corrected chi connectivity index (χ3v) is 4.04. The van der Waals surface area contributed by atoms with Gasteiger partial charge in [0.05, 0.1) is 17.7 Å². The van der Waals surface area contributed by atoms with Crippen molar-refractivity contribution in [2.24, 2.45) is 0 Å². The van der Waals surface area contributed by atoms with Crippen molar-refractivity contribution in [3.05, 3.63) is 83.9 Å². The number of hydrogen-bond acceptors (Lipinski definition) is 6. The summed E-state index contributed by atoms with van der Waals surface area (Å²) in [4.78, 5) is 12.5. The van der Waals surface area contributed by atoms with E-state index in [0.717, 1.165) is 5.75 Å². The van der Waals surface area contributed by atoms with Gasteiger partial charge in [-0.25, -0.2) is 4.79 Å². The van der Waals surface area contributed by atoms with E-state index in [4.69, 9.17) is 24.2 Å². The molecule has 6 heteroatoms. The number of rotatable bonds is 9. The van der Waals surface area contributed by atoms with E-state index in [1.165, 1.54) is 0 Å². The Balaban J connectivity index is 1.65. The largest absolute Gasteiger partial charge is 0.490 e. The number of nitrogens with zero attached hydrogens (tertiary/aromatic N) is 1. The Morgan fingerprint density at radius 3 is 2.33 bits per heavy atom. The molecule has 0 aromatic heterocycles. The zero-order chi connectivity index (χ0) is 21.2. The van der Waals surface area contributed by atoms with Gasteiger partial charge in [-0.05, 0) is 49.4 Å². The molecule has 0 saturated heterocycles. The maximum atomic E-state index is 12.5. The lowest BCUT2D eigenvalue weighted by atomic mass is 10.2. The number of para-hydroxylation sites is 2. The molecule has 6 nitrogen and oxygen atoms in total. The van der Waals surface area contributed by atoms with Crippen LogP contribution in [0, 0.1) is 11.3 Å². The minimum atomic E-state index is -0.586. The molecule has 3 aromatic carbocycles. The molecule has 152 valence electrons. The molecule has 0 heterocycles. The Morgan fingerprint density at radius 2 is 1.57 bits per heavy atom. The van der Waals surface area contributed by atoms with Crippen LogP contribution < -0.4 is 18.9 Å². The van der Waals surface area contributed by atoms with Gasteiger partial charge in [0, 0.05) is 0 Å².